The predicted octanol–water partition coefficient (Wildman–Crippen LogP) is 1.56. The first-order valence-electron chi connectivity index (χ1n) is 3.16. The molecule has 13 heavy (non-hydrogen) atoms. The van der Waals surface area contributed by atoms with Gasteiger partial charge in [0.1, 0.15) is 0 Å². The molecule has 0 unspecified atom stereocenters. The van der Waals surface area contributed by atoms with E-state index >= 15 is 0 Å². The lowest BCUT2D eigenvalue weighted by atomic mass is 10.4. The van der Waals surface area contributed by atoms with Crippen LogP contribution in [0.3, 0.4) is 0 Å². The number of carboxylic acid groups (broad SMARTS) is 1. The van der Waals surface area contributed by atoms with Gasteiger partial charge in [0.2, 0.25) is 0 Å². The average Bonchev–Trinajstić information content (AvgIpc) is 2.05. The van der Waals surface area contributed by atoms with Gasteiger partial charge in [0.25, 0.3) is 0 Å². The number of pyridine rings is 1. The van der Waals surface area contributed by atoms with Crippen molar-refractivity contribution in [1.82, 2.24) is 4.98 Å². The third-order valence-corrected chi connectivity index (χ3v) is 1.21. The zero-order chi connectivity index (χ0) is 9.40. The fourth-order valence-electron chi connectivity index (χ4n) is 0.492. The second kappa shape index (κ2) is 9.15. The van der Waals surface area contributed by atoms with E-state index in [1.54, 1.807) is 6.20 Å². The van der Waals surface area contributed by atoms with Crippen molar-refractivity contribution >= 4 is 31.1 Å². The molecule has 0 aliphatic carbocycles. The molecule has 0 spiro atoms. The van der Waals surface area contributed by atoms with Crippen molar-refractivity contribution in [3.8, 4) is 0 Å². The van der Waals surface area contributed by atoms with Crippen molar-refractivity contribution in [1.29, 1.82) is 0 Å². The minimum absolute atomic E-state index is 0. The Morgan fingerprint density at radius 1 is 1.62 bits per heavy atom. The van der Waals surface area contributed by atoms with Crippen LogP contribution >= 0.6 is 25.0 Å². The van der Waals surface area contributed by atoms with E-state index < -0.39 is 6.09 Å². The highest BCUT2D eigenvalue weighted by Crippen LogP contribution is 1.95. The maximum absolute atomic E-state index is 8.78. The van der Waals surface area contributed by atoms with Crippen molar-refractivity contribution < 1.29 is 9.90 Å². The number of nitrogens with two attached hydrogens (primary N) is 1. The summed E-state index contributed by atoms with van der Waals surface area (Å²) in [4.78, 5) is 12.8. The van der Waals surface area contributed by atoms with Crippen molar-refractivity contribution in [2.24, 2.45) is 5.73 Å². The van der Waals surface area contributed by atoms with E-state index in [9.17, 15) is 0 Å². The lowest BCUT2D eigenvalue weighted by Gasteiger charge is -1.88. The number of halogens is 1. The topological polar surface area (TPSA) is 76.2 Å². The Balaban J connectivity index is 0. The summed E-state index contributed by atoms with van der Waals surface area (Å²) >= 11 is 4.05. The maximum Gasteiger partial charge on any atom is 0.402 e. The van der Waals surface area contributed by atoms with Gasteiger partial charge in [0.05, 0.1) is 0 Å². The first-order chi connectivity index (χ1) is 5.66. The second-order valence-corrected chi connectivity index (χ2v) is 2.13. The number of amides is 1. The largest absolute Gasteiger partial charge is 0.465 e. The molecule has 1 aromatic rings. The molecule has 4 nitrogen and oxygen atoms in total. The predicted molar refractivity (Wildman–Crippen MR) is 56.4 cm³/mol. The van der Waals surface area contributed by atoms with Crippen LogP contribution in [0.25, 0.3) is 0 Å². The van der Waals surface area contributed by atoms with Gasteiger partial charge in [-0.25, -0.2) is 4.79 Å². The molecular weight excluding hydrogens is 212 g/mol. The van der Waals surface area contributed by atoms with Gasteiger partial charge in [0.15, 0.2) is 0 Å². The number of hydrogen-bond acceptors (Lipinski definition) is 3. The Morgan fingerprint density at radius 3 is 2.38 bits per heavy atom. The Kier molecular flexibility index (Phi) is 10.3. The SMILES string of the molecule is Cl.NC(=O)O.SCc1ccccn1. The fourth-order valence-corrected chi connectivity index (χ4v) is 0.679. The summed E-state index contributed by atoms with van der Waals surface area (Å²) in [5, 5.41) is 7.19. The summed E-state index contributed by atoms with van der Waals surface area (Å²) in [5.74, 6) is 0.723. The molecule has 0 saturated carbocycles. The smallest absolute Gasteiger partial charge is 0.402 e. The molecule has 1 rings (SSSR count). The van der Waals surface area contributed by atoms with Crippen LogP contribution in [0, 0.1) is 0 Å². The Hall–Kier alpha value is -0.940. The third-order valence-electron chi connectivity index (χ3n) is 0.888. The van der Waals surface area contributed by atoms with Gasteiger partial charge >= 0.3 is 6.09 Å². The highest BCUT2D eigenvalue weighted by Gasteiger charge is 1.82. The molecule has 0 atom stereocenters. The lowest BCUT2D eigenvalue weighted by molar-refractivity contribution is 0.205. The highest BCUT2D eigenvalue weighted by atomic mass is 35.5. The summed E-state index contributed by atoms with van der Waals surface area (Å²) in [5.41, 5.74) is 5.05. The molecule has 3 N–H and O–H groups in total. The van der Waals surface area contributed by atoms with Crippen molar-refractivity contribution in [3.63, 3.8) is 0 Å². The van der Waals surface area contributed by atoms with Gasteiger partial charge in [-0.15, -0.1) is 12.4 Å². The molecule has 0 saturated heterocycles. The summed E-state index contributed by atoms with van der Waals surface area (Å²) in [6.45, 7) is 0. The molecule has 0 aliphatic rings. The van der Waals surface area contributed by atoms with Crippen LogP contribution in [0.4, 0.5) is 4.79 Å². The third kappa shape index (κ3) is 11.1. The molecule has 0 bridgehead atoms. The van der Waals surface area contributed by atoms with Crippen LogP contribution in [0.5, 0.6) is 0 Å². The van der Waals surface area contributed by atoms with E-state index in [-0.39, 0.29) is 12.4 Å². The van der Waals surface area contributed by atoms with Gasteiger partial charge in [-0.3, -0.25) is 4.98 Å². The number of rotatable bonds is 1. The molecule has 0 radical (unpaired) electrons. The molecule has 74 valence electrons. The van der Waals surface area contributed by atoms with E-state index in [1.165, 1.54) is 0 Å². The minimum Gasteiger partial charge on any atom is -0.465 e. The first kappa shape index (κ1) is 14.6. The van der Waals surface area contributed by atoms with E-state index in [4.69, 9.17) is 9.90 Å². The average molecular weight is 223 g/mol. The number of hydrogen-bond donors (Lipinski definition) is 3. The Labute approximate surface area is 88.0 Å². The van der Waals surface area contributed by atoms with E-state index in [0.29, 0.717) is 0 Å². The number of thiol groups is 1. The molecule has 6 heteroatoms. The van der Waals surface area contributed by atoms with Crippen LogP contribution in [-0.4, -0.2) is 16.2 Å². The summed E-state index contributed by atoms with van der Waals surface area (Å²) in [6, 6.07) is 5.80. The first-order valence-corrected chi connectivity index (χ1v) is 3.79. The fraction of sp³-hybridized carbons (Fsp3) is 0.143. The summed E-state index contributed by atoms with van der Waals surface area (Å²) < 4.78 is 0. The van der Waals surface area contributed by atoms with Crippen LogP contribution < -0.4 is 5.73 Å². The summed E-state index contributed by atoms with van der Waals surface area (Å²) in [6.07, 6.45) is 0.436. The van der Waals surface area contributed by atoms with Gasteiger partial charge in [-0.05, 0) is 12.1 Å². The molecule has 0 aromatic carbocycles. The normalized spacial score (nSPS) is 7.46. The van der Waals surface area contributed by atoms with Crippen LogP contribution in [0.2, 0.25) is 0 Å². The molecule has 1 amide bonds. The van der Waals surface area contributed by atoms with E-state index in [0.717, 1.165) is 11.4 Å². The van der Waals surface area contributed by atoms with Crippen LogP contribution in [0.15, 0.2) is 24.4 Å². The van der Waals surface area contributed by atoms with Crippen molar-refractivity contribution in [2.75, 3.05) is 0 Å². The zero-order valence-corrected chi connectivity index (χ0v) is 8.46. The molecule has 0 fully saturated rings. The van der Waals surface area contributed by atoms with Gasteiger partial charge < -0.3 is 10.8 Å². The molecule has 1 aromatic heterocycles. The number of nitrogens with zero attached hydrogens (tertiary/aromatic N) is 1. The molecule has 0 aliphatic heterocycles. The zero-order valence-electron chi connectivity index (χ0n) is 6.75. The lowest BCUT2D eigenvalue weighted by Crippen LogP contribution is -2.03. The molecule has 1 heterocycles. The second-order valence-electron chi connectivity index (χ2n) is 1.82. The van der Waals surface area contributed by atoms with Gasteiger partial charge in [-0.2, -0.15) is 12.6 Å². The highest BCUT2D eigenvalue weighted by molar-refractivity contribution is 7.79. The number of aromatic nitrogens is 1. The van der Waals surface area contributed by atoms with E-state index in [2.05, 4.69) is 23.3 Å². The number of primary amides is 1. The Bertz CT molecular complexity index is 229. The van der Waals surface area contributed by atoms with Crippen LogP contribution in [0.1, 0.15) is 5.69 Å². The summed E-state index contributed by atoms with van der Waals surface area (Å²) in [7, 11) is 0. The maximum atomic E-state index is 8.78. The minimum atomic E-state index is -1.33. The van der Waals surface area contributed by atoms with Crippen LogP contribution in [-0.2, 0) is 5.75 Å². The van der Waals surface area contributed by atoms with E-state index in [1.807, 2.05) is 18.2 Å². The Morgan fingerprint density at radius 2 is 2.15 bits per heavy atom. The van der Waals surface area contributed by atoms with Crippen molar-refractivity contribution in [3.05, 3.63) is 30.1 Å². The van der Waals surface area contributed by atoms with Crippen molar-refractivity contribution in [2.45, 2.75) is 5.75 Å². The van der Waals surface area contributed by atoms with Gasteiger partial charge in [0, 0.05) is 17.6 Å². The quantitative estimate of drug-likeness (QED) is 0.631. The number of carbonyl (C=O) groups is 1. The monoisotopic (exact) mass is 222 g/mol. The van der Waals surface area contributed by atoms with Gasteiger partial charge in [-0.1, -0.05) is 6.07 Å². The standard InChI is InChI=1S/C6H7NS.CH3NO2.ClH/c8-5-6-3-1-2-4-7-6;2-1(3)4;/h1-4,8H,5H2;2H2,(H,3,4);1H. The molecular formula is C7H11ClN2O2S.